The Morgan fingerprint density at radius 3 is 2.60 bits per heavy atom. The molecule has 20 heavy (non-hydrogen) atoms. The molecule has 1 heterocycles. The van der Waals surface area contributed by atoms with E-state index in [0.717, 1.165) is 0 Å². The first-order chi connectivity index (χ1) is 9.63. The van der Waals surface area contributed by atoms with E-state index in [0.29, 0.717) is 17.2 Å². The largest absolute Gasteiger partial charge is 0.493 e. The van der Waals surface area contributed by atoms with Gasteiger partial charge in [0.15, 0.2) is 17.5 Å². The number of anilines is 1. The van der Waals surface area contributed by atoms with Gasteiger partial charge in [-0.15, -0.1) is 5.11 Å². The molecule has 1 atom stereocenters. The van der Waals surface area contributed by atoms with Crippen molar-refractivity contribution in [3.05, 3.63) is 30.4 Å². The fourth-order valence-corrected chi connectivity index (χ4v) is 1.63. The number of ether oxygens (including phenoxy) is 2. The summed E-state index contributed by atoms with van der Waals surface area (Å²) < 4.78 is 10.2. The van der Waals surface area contributed by atoms with E-state index in [4.69, 9.17) is 9.47 Å². The van der Waals surface area contributed by atoms with Crippen LogP contribution in [0.4, 0.5) is 5.69 Å². The summed E-state index contributed by atoms with van der Waals surface area (Å²) in [6, 6.07) is 4.18. The average Bonchev–Trinajstić information content (AvgIpc) is 2.47. The first-order valence-electron chi connectivity index (χ1n) is 5.80. The Morgan fingerprint density at radius 2 is 2.00 bits per heavy atom. The molecule has 1 aromatic carbocycles. The Bertz CT molecular complexity index is 579. The number of hydrogen-bond donors (Lipinski definition) is 1. The van der Waals surface area contributed by atoms with Crippen molar-refractivity contribution in [2.75, 3.05) is 19.5 Å². The fraction of sp³-hybridized carbons (Fsp3) is 0.231. The lowest BCUT2D eigenvalue weighted by Gasteiger charge is -2.12. The number of carbonyl (C=O) groups is 2. The molecule has 1 aromatic rings. The maximum absolute atomic E-state index is 11.9. The van der Waals surface area contributed by atoms with Gasteiger partial charge in [-0.1, -0.05) is 0 Å². The minimum absolute atomic E-state index is 0.385. The molecule has 1 N–H and O–H groups in total. The maximum atomic E-state index is 11.9. The summed E-state index contributed by atoms with van der Waals surface area (Å²) in [5, 5.41) is 9.59. The predicted octanol–water partition coefficient (Wildman–Crippen LogP) is 1.56. The van der Waals surface area contributed by atoms with Crippen molar-refractivity contribution in [2.45, 2.75) is 6.04 Å². The lowest BCUT2D eigenvalue weighted by atomic mass is 10.2. The average molecular weight is 275 g/mol. The molecule has 7 nitrogen and oxygen atoms in total. The van der Waals surface area contributed by atoms with Gasteiger partial charge < -0.3 is 14.8 Å². The zero-order valence-electron chi connectivity index (χ0n) is 11.0. The Kier molecular flexibility index (Phi) is 4.09. The highest BCUT2D eigenvalue weighted by Crippen LogP contribution is 2.29. The highest BCUT2D eigenvalue weighted by molar-refractivity contribution is 5.99. The summed E-state index contributed by atoms with van der Waals surface area (Å²) in [4.78, 5) is 22.8. The summed E-state index contributed by atoms with van der Waals surface area (Å²) >= 11 is 0. The van der Waals surface area contributed by atoms with Crippen LogP contribution in [0.15, 0.2) is 40.6 Å². The Morgan fingerprint density at radius 1 is 1.25 bits per heavy atom. The molecule has 0 bridgehead atoms. The van der Waals surface area contributed by atoms with Crippen LogP contribution in [-0.4, -0.2) is 32.1 Å². The van der Waals surface area contributed by atoms with Gasteiger partial charge >= 0.3 is 0 Å². The van der Waals surface area contributed by atoms with Gasteiger partial charge in [-0.25, -0.2) is 0 Å². The first-order valence-corrected chi connectivity index (χ1v) is 5.80. The molecule has 104 valence electrons. The summed E-state index contributed by atoms with van der Waals surface area (Å²) in [6.45, 7) is 0. The second-order valence-electron chi connectivity index (χ2n) is 3.92. The van der Waals surface area contributed by atoms with Crippen LogP contribution >= 0.6 is 0 Å². The second-order valence-corrected chi connectivity index (χ2v) is 3.92. The van der Waals surface area contributed by atoms with E-state index in [1.807, 2.05) is 0 Å². The molecular formula is C13H13N3O4. The van der Waals surface area contributed by atoms with E-state index < -0.39 is 11.9 Å². The maximum Gasteiger partial charge on any atom is 0.287 e. The first kappa shape index (κ1) is 13.7. The third-order valence-electron chi connectivity index (χ3n) is 2.62. The van der Waals surface area contributed by atoms with E-state index in [9.17, 15) is 9.59 Å². The Balaban J connectivity index is 2.10. The molecule has 0 aromatic heterocycles. The molecule has 0 fully saturated rings. The number of amides is 2. The highest BCUT2D eigenvalue weighted by atomic mass is 16.5. The summed E-state index contributed by atoms with van der Waals surface area (Å²) in [5.74, 6) is 0.208. The van der Waals surface area contributed by atoms with Gasteiger partial charge in [0.05, 0.1) is 14.2 Å². The van der Waals surface area contributed by atoms with Crippen molar-refractivity contribution in [3.63, 3.8) is 0 Å². The van der Waals surface area contributed by atoms with Crippen LogP contribution in [0.5, 0.6) is 11.5 Å². The number of carbonyl (C=O) groups excluding carboxylic acids is 2. The number of nitrogens with one attached hydrogen (secondary N) is 1. The SMILES string of the molecule is COc1ccc(NC(=O)C2C=CC(=O)N=N2)cc1OC. The summed E-state index contributed by atoms with van der Waals surface area (Å²) in [5.41, 5.74) is 0.535. The van der Waals surface area contributed by atoms with Crippen molar-refractivity contribution in [1.29, 1.82) is 0 Å². The van der Waals surface area contributed by atoms with Gasteiger partial charge in [0.1, 0.15) is 0 Å². The van der Waals surface area contributed by atoms with Crippen molar-refractivity contribution in [3.8, 4) is 11.5 Å². The van der Waals surface area contributed by atoms with Gasteiger partial charge in [-0.05, 0) is 18.2 Å². The molecule has 0 radical (unpaired) electrons. The van der Waals surface area contributed by atoms with Gasteiger partial charge in [0.25, 0.3) is 11.8 Å². The van der Waals surface area contributed by atoms with Gasteiger partial charge in [-0.3, -0.25) is 9.59 Å². The zero-order chi connectivity index (χ0) is 14.5. The van der Waals surface area contributed by atoms with Crippen LogP contribution < -0.4 is 14.8 Å². The molecule has 0 aliphatic carbocycles. The minimum Gasteiger partial charge on any atom is -0.493 e. The molecule has 1 aliphatic rings. The monoisotopic (exact) mass is 275 g/mol. The smallest absolute Gasteiger partial charge is 0.287 e. The standard InChI is InChI=1S/C13H13N3O4/c1-19-10-5-3-8(7-11(10)20-2)14-13(18)9-4-6-12(17)16-15-9/h3-7,9H,1-2H3,(H,14,18). The van der Waals surface area contributed by atoms with Crippen molar-refractivity contribution < 1.29 is 19.1 Å². The van der Waals surface area contributed by atoms with Crippen molar-refractivity contribution in [1.82, 2.24) is 0 Å². The van der Waals surface area contributed by atoms with Gasteiger partial charge in [0, 0.05) is 17.8 Å². The van der Waals surface area contributed by atoms with Crippen molar-refractivity contribution >= 4 is 17.5 Å². The normalized spacial score (nSPS) is 16.9. The van der Waals surface area contributed by atoms with Crippen LogP contribution in [0, 0.1) is 0 Å². The third kappa shape index (κ3) is 3.00. The van der Waals surface area contributed by atoms with Crippen LogP contribution in [0.2, 0.25) is 0 Å². The third-order valence-corrected chi connectivity index (χ3v) is 2.62. The van der Waals surface area contributed by atoms with Gasteiger partial charge in [-0.2, -0.15) is 5.11 Å². The van der Waals surface area contributed by atoms with E-state index >= 15 is 0 Å². The van der Waals surface area contributed by atoms with E-state index in [1.54, 1.807) is 18.2 Å². The number of benzene rings is 1. The van der Waals surface area contributed by atoms with Gasteiger partial charge in [0.2, 0.25) is 0 Å². The molecular weight excluding hydrogens is 262 g/mol. The number of nitrogens with zero attached hydrogens (tertiary/aromatic N) is 2. The quantitative estimate of drug-likeness (QED) is 0.902. The molecule has 0 spiro atoms. The Labute approximate surface area is 115 Å². The topological polar surface area (TPSA) is 89.3 Å². The summed E-state index contributed by atoms with van der Waals surface area (Å²) in [7, 11) is 3.04. The number of rotatable bonds is 4. The fourth-order valence-electron chi connectivity index (χ4n) is 1.63. The Hall–Kier alpha value is -2.70. The lowest BCUT2D eigenvalue weighted by molar-refractivity contribution is -0.117. The van der Waals surface area contributed by atoms with E-state index in [1.165, 1.54) is 26.4 Å². The molecule has 7 heteroatoms. The molecule has 2 amide bonds. The molecule has 0 saturated heterocycles. The minimum atomic E-state index is -0.805. The van der Waals surface area contributed by atoms with Crippen molar-refractivity contribution in [2.24, 2.45) is 10.2 Å². The van der Waals surface area contributed by atoms with Crippen LogP contribution in [0.25, 0.3) is 0 Å². The van der Waals surface area contributed by atoms with Crippen LogP contribution in [0.3, 0.4) is 0 Å². The molecule has 1 unspecified atom stereocenters. The summed E-state index contributed by atoms with van der Waals surface area (Å²) in [6.07, 6.45) is 2.61. The second kappa shape index (κ2) is 5.96. The molecule has 1 aliphatic heterocycles. The number of methoxy groups -OCH3 is 2. The predicted molar refractivity (Wildman–Crippen MR) is 71.0 cm³/mol. The van der Waals surface area contributed by atoms with Crippen LogP contribution in [0.1, 0.15) is 0 Å². The number of hydrogen-bond acceptors (Lipinski definition) is 5. The highest BCUT2D eigenvalue weighted by Gasteiger charge is 2.18. The van der Waals surface area contributed by atoms with E-state index in [-0.39, 0.29) is 5.91 Å². The molecule has 2 rings (SSSR count). The zero-order valence-corrected chi connectivity index (χ0v) is 11.0. The van der Waals surface area contributed by atoms with Crippen LogP contribution in [-0.2, 0) is 9.59 Å². The molecule has 0 saturated carbocycles. The number of azo groups is 1. The van der Waals surface area contributed by atoms with E-state index in [2.05, 4.69) is 15.5 Å². The lowest BCUT2D eigenvalue weighted by Crippen LogP contribution is -2.25.